The number of anilines is 1. The van der Waals surface area contributed by atoms with Crippen molar-refractivity contribution < 1.29 is 17.9 Å². The van der Waals surface area contributed by atoms with Crippen molar-refractivity contribution in [1.82, 2.24) is 9.78 Å². The van der Waals surface area contributed by atoms with E-state index in [0.29, 0.717) is 58.6 Å². The van der Waals surface area contributed by atoms with Crippen LogP contribution in [-0.4, -0.2) is 53.7 Å². The van der Waals surface area contributed by atoms with E-state index in [0.717, 1.165) is 30.8 Å². The molecule has 3 saturated carbocycles. The highest BCUT2D eigenvalue weighted by Gasteiger charge is 2.45. The zero-order chi connectivity index (χ0) is 27.6. The Kier molecular flexibility index (Phi) is 6.73. The number of ether oxygens (including phenoxy) is 1. The first-order valence-corrected chi connectivity index (χ1v) is 16.5. The minimum Gasteiger partial charge on any atom is -0.371 e. The van der Waals surface area contributed by atoms with E-state index in [4.69, 9.17) is 27.9 Å². The molecule has 4 fully saturated rings. The summed E-state index contributed by atoms with van der Waals surface area (Å²) in [4.78, 5) is 14.9. The molecule has 0 spiro atoms. The molecule has 0 radical (unpaired) electrons. The van der Waals surface area contributed by atoms with E-state index in [2.05, 4.69) is 10.00 Å². The number of nitrogens with zero attached hydrogens (tertiary/aromatic N) is 3. The van der Waals surface area contributed by atoms with E-state index in [1.165, 1.54) is 18.4 Å². The fourth-order valence-corrected chi connectivity index (χ4v) is 8.59. The van der Waals surface area contributed by atoms with E-state index in [1.807, 2.05) is 41.2 Å². The summed E-state index contributed by atoms with van der Waals surface area (Å²) < 4.78 is 32.9. The molecular formula is C30H31Cl2N3O4S. The van der Waals surface area contributed by atoms with Crippen molar-refractivity contribution in [3.8, 4) is 5.69 Å². The number of hydrogen-bond donors (Lipinski definition) is 0. The largest absolute Gasteiger partial charge is 0.371 e. The van der Waals surface area contributed by atoms with Crippen LogP contribution in [0.3, 0.4) is 0 Å². The number of ketones is 1. The van der Waals surface area contributed by atoms with Gasteiger partial charge in [0, 0.05) is 29.8 Å². The molecule has 7 nitrogen and oxygen atoms in total. The second-order valence-electron chi connectivity index (χ2n) is 11.7. The quantitative estimate of drug-likeness (QED) is 0.266. The molecule has 3 aliphatic carbocycles. The number of halogens is 2. The van der Waals surface area contributed by atoms with Crippen molar-refractivity contribution in [3.05, 3.63) is 75.5 Å². The summed E-state index contributed by atoms with van der Waals surface area (Å²) in [6, 6.07) is 13.3. The second-order valence-corrected chi connectivity index (χ2v) is 14.8. The third kappa shape index (κ3) is 4.97. The maximum Gasteiger partial charge on any atom is 0.177 e. The molecule has 2 bridgehead atoms. The van der Waals surface area contributed by atoms with Crippen LogP contribution in [0.5, 0.6) is 0 Å². The molecule has 0 N–H and O–H groups in total. The lowest BCUT2D eigenvalue weighted by atomic mass is 10.0. The number of sulfone groups is 1. The summed E-state index contributed by atoms with van der Waals surface area (Å²) in [5.74, 6) is 0.222. The van der Waals surface area contributed by atoms with Crippen molar-refractivity contribution in [2.75, 3.05) is 17.2 Å². The number of Topliss-reactive ketones (excluding diaryl/α,β-unsaturated/α-hetero) is 1. The Balaban J connectivity index is 1.01. The summed E-state index contributed by atoms with van der Waals surface area (Å²) in [6.45, 7) is 1.35. The van der Waals surface area contributed by atoms with Crippen LogP contribution in [0.1, 0.15) is 66.1 Å². The number of piperidine rings is 1. The maximum absolute atomic E-state index is 12.6. The van der Waals surface area contributed by atoms with Crippen molar-refractivity contribution in [3.63, 3.8) is 0 Å². The number of rotatable bonds is 10. The van der Waals surface area contributed by atoms with Crippen LogP contribution in [0, 0.1) is 5.92 Å². The lowest BCUT2D eigenvalue weighted by Crippen LogP contribution is -2.38. The predicted molar refractivity (Wildman–Crippen MR) is 156 cm³/mol. The van der Waals surface area contributed by atoms with Crippen LogP contribution < -0.4 is 4.90 Å². The van der Waals surface area contributed by atoms with Crippen molar-refractivity contribution in [1.29, 1.82) is 0 Å². The molecule has 7 rings (SSSR count). The maximum atomic E-state index is 12.6. The Morgan fingerprint density at radius 1 is 1.00 bits per heavy atom. The van der Waals surface area contributed by atoms with E-state index in [-0.39, 0.29) is 17.1 Å². The fraction of sp³-hybridized carbons (Fsp3) is 0.467. The van der Waals surface area contributed by atoms with Gasteiger partial charge in [-0.1, -0.05) is 29.3 Å². The van der Waals surface area contributed by atoms with Gasteiger partial charge in [-0.05, 0) is 86.4 Å². The fourth-order valence-electron chi connectivity index (χ4n) is 6.41. The molecule has 1 aliphatic heterocycles. The van der Waals surface area contributed by atoms with Gasteiger partial charge >= 0.3 is 0 Å². The standard InChI is InChI=1S/C30H31Cl2N3O4S/c31-25-2-1-3-26(32)30(25)35-27(24(14-33-35)18-4-5-18)16-39-29-13-22-12-20(29)15-34(22)21-8-6-19(7-9-21)28(36)17-40(37,38)23-10-11-23/h1-3,6-9,14,18,20,22-23,29H,4-5,10-13,15-17H2/t20-,22-,29+/m0/s1. The van der Waals surface area contributed by atoms with Gasteiger partial charge in [0.1, 0.15) is 11.4 Å². The van der Waals surface area contributed by atoms with Gasteiger partial charge in [-0.2, -0.15) is 5.10 Å². The molecule has 40 heavy (non-hydrogen) atoms. The minimum absolute atomic E-state index is 0.159. The first kappa shape index (κ1) is 26.5. The van der Waals surface area contributed by atoms with E-state index in [1.54, 1.807) is 12.1 Å². The van der Waals surface area contributed by atoms with Gasteiger partial charge in [-0.3, -0.25) is 4.79 Å². The van der Waals surface area contributed by atoms with E-state index < -0.39 is 15.6 Å². The summed E-state index contributed by atoms with van der Waals surface area (Å²) in [5.41, 5.74) is 4.47. The average Bonchev–Trinajstić information content (AvgIpc) is 3.86. The third-order valence-electron chi connectivity index (χ3n) is 8.86. The van der Waals surface area contributed by atoms with Crippen LogP contribution >= 0.6 is 23.2 Å². The Morgan fingerprint density at radius 3 is 2.35 bits per heavy atom. The monoisotopic (exact) mass is 599 g/mol. The number of aromatic nitrogens is 2. The number of para-hydroxylation sites is 1. The lowest BCUT2D eigenvalue weighted by Gasteiger charge is -2.33. The van der Waals surface area contributed by atoms with Crippen molar-refractivity contribution in [2.45, 2.75) is 68.4 Å². The number of fused-ring (bicyclic) bond motifs is 2. The zero-order valence-electron chi connectivity index (χ0n) is 22.0. The lowest BCUT2D eigenvalue weighted by molar-refractivity contribution is 0.00993. The number of benzene rings is 2. The molecule has 10 heteroatoms. The molecule has 0 amide bonds. The first-order chi connectivity index (χ1) is 19.3. The van der Waals surface area contributed by atoms with Crippen molar-refractivity contribution in [2.24, 2.45) is 5.92 Å². The molecule has 2 aromatic carbocycles. The number of carbonyl (C=O) groups excluding carboxylic acids is 1. The van der Waals surface area contributed by atoms with Crippen LogP contribution in [0.4, 0.5) is 5.69 Å². The predicted octanol–water partition coefficient (Wildman–Crippen LogP) is 6.00. The summed E-state index contributed by atoms with van der Waals surface area (Å²) >= 11 is 13.1. The normalized spacial score (nSPS) is 24.1. The Morgan fingerprint density at radius 2 is 1.73 bits per heavy atom. The van der Waals surface area contributed by atoms with Gasteiger partial charge in [0.2, 0.25) is 0 Å². The molecule has 0 unspecified atom stereocenters. The minimum atomic E-state index is -3.31. The van der Waals surface area contributed by atoms with Gasteiger partial charge in [0.15, 0.2) is 15.6 Å². The van der Waals surface area contributed by atoms with Crippen LogP contribution in [0.25, 0.3) is 5.69 Å². The van der Waals surface area contributed by atoms with E-state index >= 15 is 0 Å². The Bertz CT molecular complexity index is 1540. The number of hydrogen-bond acceptors (Lipinski definition) is 6. The molecule has 1 aromatic heterocycles. The van der Waals surface area contributed by atoms with E-state index in [9.17, 15) is 13.2 Å². The molecule has 210 valence electrons. The van der Waals surface area contributed by atoms with Crippen LogP contribution in [0.2, 0.25) is 10.0 Å². The Labute approximate surface area is 244 Å². The van der Waals surface area contributed by atoms with Gasteiger partial charge in [-0.15, -0.1) is 0 Å². The van der Waals surface area contributed by atoms with Gasteiger partial charge in [0.05, 0.1) is 39.9 Å². The molecule has 2 heterocycles. The second kappa shape index (κ2) is 10.2. The summed E-state index contributed by atoms with van der Waals surface area (Å²) in [5, 5.41) is 5.47. The molecule has 3 atom stereocenters. The third-order valence-corrected chi connectivity index (χ3v) is 11.6. The SMILES string of the molecule is O=C(CS(=O)(=O)C1CC1)c1ccc(N2C[C@@H]3C[C@H]2C[C@H]3OCc2c(C3CC3)cnn2-c2c(Cl)cccc2Cl)cc1. The molecule has 4 aliphatic rings. The topological polar surface area (TPSA) is 81.5 Å². The highest BCUT2D eigenvalue weighted by atomic mass is 35.5. The molecular weight excluding hydrogens is 569 g/mol. The first-order valence-electron chi connectivity index (χ1n) is 14.0. The highest BCUT2D eigenvalue weighted by Crippen LogP contribution is 2.45. The summed E-state index contributed by atoms with van der Waals surface area (Å²) in [7, 11) is -3.31. The van der Waals surface area contributed by atoms with Crippen molar-refractivity contribution >= 4 is 44.5 Å². The highest BCUT2D eigenvalue weighted by molar-refractivity contribution is 7.93. The molecule has 3 aromatic rings. The van der Waals surface area contributed by atoms with Crippen LogP contribution in [-0.2, 0) is 21.2 Å². The Hall–Kier alpha value is -2.39. The molecule has 1 saturated heterocycles. The summed E-state index contributed by atoms with van der Waals surface area (Å²) in [6.07, 6.45) is 7.79. The number of carbonyl (C=O) groups is 1. The average molecular weight is 601 g/mol. The van der Waals surface area contributed by atoms with Gasteiger partial charge in [0.25, 0.3) is 0 Å². The zero-order valence-corrected chi connectivity index (χ0v) is 24.3. The van der Waals surface area contributed by atoms with Crippen LogP contribution in [0.15, 0.2) is 48.7 Å². The van der Waals surface area contributed by atoms with Gasteiger partial charge < -0.3 is 9.64 Å². The smallest absolute Gasteiger partial charge is 0.177 e. The van der Waals surface area contributed by atoms with Gasteiger partial charge in [-0.25, -0.2) is 13.1 Å².